The monoisotopic (exact) mass is 409 g/mol. The standard InChI is InChI=1S/C21H35N3O5/c25-18-15-24(8-4-5-11-29-16-18)20(26)19(14-17-6-2-1-3-7-17)22-21(27)23-9-12-28-13-10-23/h17,19H,1-16H2,(H,22,27)/t19-/m0/s1. The summed E-state index contributed by atoms with van der Waals surface area (Å²) in [7, 11) is 0. The van der Waals surface area contributed by atoms with Crippen molar-refractivity contribution in [1.82, 2.24) is 15.1 Å². The fourth-order valence-corrected chi connectivity index (χ4v) is 4.42. The first kappa shape index (κ1) is 22.0. The zero-order chi connectivity index (χ0) is 20.5. The van der Waals surface area contributed by atoms with E-state index in [1.807, 2.05) is 0 Å². The van der Waals surface area contributed by atoms with Crippen LogP contribution in [0.15, 0.2) is 0 Å². The second-order valence-electron chi connectivity index (χ2n) is 8.40. The minimum absolute atomic E-state index is 0.0528. The molecular formula is C21H35N3O5. The molecule has 0 aromatic rings. The van der Waals surface area contributed by atoms with Gasteiger partial charge in [-0.3, -0.25) is 9.59 Å². The topological polar surface area (TPSA) is 88.2 Å². The van der Waals surface area contributed by atoms with Crippen molar-refractivity contribution in [3.63, 3.8) is 0 Å². The number of morpholine rings is 1. The van der Waals surface area contributed by atoms with E-state index in [1.165, 1.54) is 19.3 Å². The molecule has 3 rings (SSSR count). The number of hydrogen-bond donors (Lipinski definition) is 1. The molecule has 3 fully saturated rings. The number of ether oxygens (including phenoxy) is 2. The van der Waals surface area contributed by atoms with Crippen molar-refractivity contribution in [1.29, 1.82) is 0 Å². The van der Waals surface area contributed by atoms with Crippen molar-refractivity contribution in [3.8, 4) is 0 Å². The molecule has 0 spiro atoms. The van der Waals surface area contributed by atoms with E-state index in [4.69, 9.17) is 9.47 Å². The van der Waals surface area contributed by atoms with E-state index in [0.717, 1.165) is 25.7 Å². The highest BCUT2D eigenvalue weighted by molar-refractivity contribution is 5.91. The highest BCUT2D eigenvalue weighted by Crippen LogP contribution is 2.28. The van der Waals surface area contributed by atoms with E-state index < -0.39 is 6.04 Å². The molecule has 2 heterocycles. The molecule has 0 bridgehead atoms. The summed E-state index contributed by atoms with van der Waals surface area (Å²) in [5.74, 6) is 0.225. The molecule has 0 aromatic carbocycles. The molecule has 8 heteroatoms. The summed E-state index contributed by atoms with van der Waals surface area (Å²) in [6.45, 7) is 3.32. The van der Waals surface area contributed by atoms with Gasteiger partial charge in [0.25, 0.3) is 0 Å². The molecule has 2 aliphatic heterocycles. The SMILES string of the molecule is O=C1COCCCCN(C(=O)[C@H](CC2CCCCC2)NC(=O)N2CCOCC2)C1. The van der Waals surface area contributed by atoms with Crippen LogP contribution in [0.25, 0.3) is 0 Å². The third-order valence-electron chi connectivity index (χ3n) is 6.10. The molecule has 0 unspecified atom stereocenters. The lowest BCUT2D eigenvalue weighted by atomic mass is 9.84. The molecule has 2 saturated heterocycles. The summed E-state index contributed by atoms with van der Waals surface area (Å²) in [6, 6.07) is -0.788. The van der Waals surface area contributed by atoms with Crippen LogP contribution in [0, 0.1) is 5.92 Å². The maximum Gasteiger partial charge on any atom is 0.318 e. The fraction of sp³-hybridized carbons (Fsp3) is 0.857. The van der Waals surface area contributed by atoms with Crippen LogP contribution >= 0.6 is 0 Å². The average molecular weight is 410 g/mol. The quantitative estimate of drug-likeness (QED) is 0.762. The van der Waals surface area contributed by atoms with Crippen molar-refractivity contribution in [2.24, 2.45) is 5.92 Å². The first-order valence-corrected chi connectivity index (χ1v) is 11.1. The lowest BCUT2D eigenvalue weighted by molar-refractivity contribution is -0.138. The third-order valence-corrected chi connectivity index (χ3v) is 6.10. The minimum atomic E-state index is -0.581. The molecular weight excluding hydrogens is 374 g/mol. The van der Waals surface area contributed by atoms with Gasteiger partial charge in [0.2, 0.25) is 5.91 Å². The van der Waals surface area contributed by atoms with Gasteiger partial charge in [-0.15, -0.1) is 0 Å². The molecule has 3 amide bonds. The zero-order valence-corrected chi connectivity index (χ0v) is 17.4. The van der Waals surface area contributed by atoms with Gasteiger partial charge in [-0.05, 0) is 25.2 Å². The van der Waals surface area contributed by atoms with Gasteiger partial charge in [0, 0.05) is 26.2 Å². The van der Waals surface area contributed by atoms with Gasteiger partial charge in [0.05, 0.1) is 19.8 Å². The molecule has 3 aliphatic rings. The van der Waals surface area contributed by atoms with Gasteiger partial charge in [-0.1, -0.05) is 32.1 Å². The number of nitrogens with one attached hydrogen (secondary N) is 1. The number of Topliss-reactive ketones (excluding diaryl/α,β-unsaturated/α-hetero) is 1. The van der Waals surface area contributed by atoms with Gasteiger partial charge in [0.1, 0.15) is 12.6 Å². The van der Waals surface area contributed by atoms with Crippen molar-refractivity contribution >= 4 is 17.7 Å². The Morgan fingerprint density at radius 1 is 0.931 bits per heavy atom. The molecule has 164 valence electrons. The van der Waals surface area contributed by atoms with E-state index in [9.17, 15) is 14.4 Å². The van der Waals surface area contributed by atoms with Crippen LogP contribution in [-0.4, -0.2) is 86.2 Å². The van der Waals surface area contributed by atoms with Crippen LogP contribution in [0.5, 0.6) is 0 Å². The Morgan fingerprint density at radius 3 is 2.45 bits per heavy atom. The molecule has 0 aromatic heterocycles. The van der Waals surface area contributed by atoms with Crippen molar-refractivity contribution in [2.75, 3.05) is 52.6 Å². The highest BCUT2D eigenvalue weighted by Gasteiger charge is 2.32. The fourth-order valence-electron chi connectivity index (χ4n) is 4.42. The average Bonchev–Trinajstić information content (AvgIpc) is 2.86. The molecule has 29 heavy (non-hydrogen) atoms. The Kier molecular flexibility index (Phi) is 8.73. The summed E-state index contributed by atoms with van der Waals surface area (Å²) in [5, 5.41) is 3.00. The van der Waals surface area contributed by atoms with E-state index in [-0.39, 0.29) is 30.9 Å². The van der Waals surface area contributed by atoms with Crippen molar-refractivity contribution in [2.45, 2.75) is 57.4 Å². The van der Waals surface area contributed by atoms with Gasteiger partial charge >= 0.3 is 6.03 Å². The second kappa shape index (κ2) is 11.5. The zero-order valence-electron chi connectivity index (χ0n) is 17.4. The largest absolute Gasteiger partial charge is 0.378 e. The second-order valence-corrected chi connectivity index (χ2v) is 8.40. The number of ketones is 1. The summed E-state index contributed by atoms with van der Waals surface area (Å²) in [5.41, 5.74) is 0. The Morgan fingerprint density at radius 2 is 1.69 bits per heavy atom. The number of amides is 3. The summed E-state index contributed by atoms with van der Waals surface area (Å²) >= 11 is 0. The van der Waals surface area contributed by atoms with E-state index in [2.05, 4.69) is 5.32 Å². The molecule has 8 nitrogen and oxygen atoms in total. The highest BCUT2D eigenvalue weighted by atomic mass is 16.5. The van der Waals surface area contributed by atoms with Crippen LogP contribution in [0.1, 0.15) is 51.4 Å². The van der Waals surface area contributed by atoms with Crippen LogP contribution in [-0.2, 0) is 19.1 Å². The minimum Gasteiger partial charge on any atom is -0.378 e. The molecule has 1 aliphatic carbocycles. The Hall–Kier alpha value is -1.67. The van der Waals surface area contributed by atoms with Crippen LogP contribution < -0.4 is 5.32 Å². The van der Waals surface area contributed by atoms with E-state index in [1.54, 1.807) is 9.80 Å². The number of carbonyl (C=O) groups excluding carboxylic acids is 3. The number of rotatable bonds is 4. The Bertz CT molecular complexity index is 559. The van der Waals surface area contributed by atoms with Crippen LogP contribution in [0.2, 0.25) is 0 Å². The number of nitrogens with zero attached hydrogens (tertiary/aromatic N) is 2. The molecule has 1 saturated carbocycles. The summed E-state index contributed by atoms with van der Waals surface area (Å²) < 4.78 is 10.7. The Labute approximate surface area is 173 Å². The lowest BCUT2D eigenvalue weighted by Crippen LogP contribution is -2.55. The summed E-state index contributed by atoms with van der Waals surface area (Å²) in [6.07, 6.45) is 8.09. The summed E-state index contributed by atoms with van der Waals surface area (Å²) in [4.78, 5) is 41.7. The van der Waals surface area contributed by atoms with Crippen molar-refractivity contribution in [3.05, 3.63) is 0 Å². The molecule has 1 atom stereocenters. The van der Waals surface area contributed by atoms with Gasteiger partial charge in [-0.25, -0.2) is 4.79 Å². The van der Waals surface area contributed by atoms with Gasteiger partial charge < -0.3 is 24.6 Å². The lowest BCUT2D eigenvalue weighted by Gasteiger charge is -2.33. The predicted octanol–water partition coefficient (Wildman–Crippen LogP) is 1.58. The Balaban J connectivity index is 1.67. The molecule has 0 radical (unpaired) electrons. The van der Waals surface area contributed by atoms with Crippen LogP contribution in [0.3, 0.4) is 0 Å². The van der Waals surface area contributed by atoms with E-state index in [0.29, 0.717) is 51.8 Å². The number of carbonyl (C=O) groups is 3. The van der Waals surface area contributed by atoms with E-state index >= 15 is 0 Å². The maximum atomic E-state index is 13.4. The normalized spacial score (nSPS) is 23.7. The number of urea groups is 1. The first-order valence-electron chi connectivity index (χ1n) is 11.1. The third kappa shape index (κ3) is 6.96. The maximum absolute atomic E-state index is 13.4. The molecule has 1 N–H and O–H groups in total. The first-order chi connectivity index (χ1) is 14.1. The van der Waals surface area contributed by atoms with Crippen molar-refractivity contribution < 1.29 is 23.9 Å². The van der Waals surface area contributed by atoms with Gasteiger partial charge in [-0.2, -0.15) is 0 Å². The van der Waals surface area contributed by atoms with Crippen LogP contribution in [0.4, 0.5) is 4.79 Å². The van der Waals surface area contributed by atoms with Gasteiger partial charge in [0.15, 0.2) is 5.78 Å². The smallest absolute Gasteiger partial charge is 0.318 e. The predicted molar refractivity (Wildman–Crippen MR) is 108 cm³/mol. The number of hydrogen-bond acceptors (Lipinski definition) is 5.